The molecule has 290 valence electrons. The summed E-state index contributed by atoms with van der Waals surface area (Å²) in [5.74, 6) is 2.26. The van der Waals surface area contributed by atoms with E-state index in [0.717, 1.165) is 38.5 Å². The minimum absolute atomic E-state index is 0. The van der Waals surface area contributed by atoms with Gasteiger partial charge in [-0.1, -0.05) is 81.6 Å². The van der Waals surface area contributed by atoms with E-state index in [1.165, 1.54) is 19.3 Å². The predicted octanol–water partition coefficient (Wildman–Crippen LogP) is 3.63. The fraction of sp³-hybridized carbons (Fsp3) is 0.923. The molecule has 0 amide bonds. The van der Waals surface area contributed by atoms with E-state index < -0.39 is 36.2 Å². The Morgan fingerprint density at radius 1 is 0.500 bits per heavy atom. The van der Waals surface area contributed by atoms with Crippen LogP contribution in [-0.4, -0.2) is 68.9 Å². The first-order chi connectivity index (χ1) is 22.2. The number of rotatable bonds is 12. The van der Waals surface area contributed by atoms with Gasteiger partial charge in [-0.25, -0.2) is 0 Å². The second-order valence-electron chi connectivity index (χ2n) is 17.0. The van der Waals surface area contributed by atoms with E-state index in [0.29, 0.717) is 90.3 Å². The Labute approximate surface area is 320 Å². The number of halogens is 1. The summed E-state index contributed by atoms with van der Waals surface area (Å²) in [6.07, 6.45) is 7.43. The van der Waals surface area contributed by atoms with Crippen LogP contribution in [0.5, 0.6) is 0 Å². The second kappa shape index (κ2) is 25.2. The maximum atomic E-state index is 10.6. The van der Waals surface area contributed by atoms with Gasteiger partial charge in [0.1, 0.15) is 0 Å². The molecule has 0 spiro atoms. The van der Waals surface area contributed by atoms with Crippen LogP contribution in [0, 0.1) is 71.0 Å². The van der Waals surface area contributed by atoms with Gasteiger partial charge >= 0.3 is 17.4 Å². The third kappa shape index (κ3) is 18.2. The first-order valence-corrected chi connectivity index (χ1v) is 18.9. The van der Waals surface area contributed by atoms with Gasteiger partial charge in [-0.15, -0.1) is 12.4 Å². The largest absolute Gasteiger partial charge is 3.00 e. The predicted molar refractivity (Wildman–Crippen MR) is 194 cm³/mol. The first kappa shape index (κ1) is 51.2. The third-order valence-electron chi connectivity index (χ3n) is 11.9. The Morgan fingerprint density at radius 3 is 0.860 bits per heavy atom. The molecule has 0 saturated heterocycles. The van der Waals surface area contributed by atoms with E-state index in [4.69, 9.17) is 0 Å². The molecule has 0 bridgehead atoms. The van der Waals surface area contributed by atoms with Crippen LogP contribution in [0.4, 0.5) is 0 Å². The van der Waals surface area contributed by atoms with Crippen molar-refractivity contribution in [3.8, 4) is 0 Å². The summed E-state index contributed by atoms with van der Waals surface area (Å²) in [5.41, 5.74) is 0. The van der Waals surface area contributed by atoms with Crippen molar-refractivity contribution < 1.29 is 45.0 Å². The monoisotopic (exact) mass is 744 g/mol. The number of hydrogen-bond donors (Lipinski definition) is 3. The molecule has 3 fully saturated rings. The SMILES string of the molecule is CC1CCC(C(C)C)C(CC(O)C(=O)[O-])C1.CC1CCC(C(C)C)C(CC(O)C(=O)[O-])C1.CC1CCC(C(C)C)C(CC(O)C(=O)[O-])C1.Cl.[Al+3]. The fourth-order valence-electron chi connectivity index (χ4n) is 9.16. The minimum atomic E-state index is -1.33. The number of aliphatic hydroxyl groups excluding tert-OH is 3. The summed E-state index contributed by atoms with van der Waals surface area (Å²) < 4.78 is 0. The van der Waals surface area contributed by atoms with Crippen molar-refractivity contribution in [2.45, 2.75) is 158 Å². The zero-order valence-electron chi connectivity index (χ0n) is 32.4. The Hall–Kier alpha value is -0.888. The van der Waals surface area contributed by atoms with Gasteiger partial charge in [0.25, 0.3) is 0 Å². The zero-order valence-corrected chi connectivity index (χ0v) is 34.4. The van der Waals surface area contributed by atoms with Gasteiger partial charge in [-0.05, 0) is 129 Å². The number of carboxylic acids is 3. The van der Waals surface area contributed by atoms with Gasteiger partial charge in [0, 0.05) is 0 Å². The number of carboxylic acid groups (broad SMARTS) is 3. The number of hydrogen-bond acceptors (Lipinski definition) is 9. The van der Waals surface area contributed by atoms with Crippen molar-refractivity contribution in [2.75, 3.05) is 0 Å². The molecule has 0 heterocycles. The summed E-state index contributed by atoms with van der Waals surface area (Å²) >= 11 is 0. The van der Waals surface area contributed by atoms with Crippen LogP contribution in [0.3, 0.4) is 0 Å². The quantitative estimate of drug-likeness (QED) is 0.252. The number of carbonyl (C=O) groups is 3. The van der Waals surface area contributed by atoms with Crippen LogP contribution in [0.2, 0.25) is 0 Å². The molecule has 0 aromatic heterocycles. The second-order valence-corrected chi connectivity index (χ2v) is 17.0. The molecular formula is C39H70AlClO9. The van der Waals surface area contributed by atoms with Crippen LogP contribution in [-0.2, 0) is 14.4 Å². The summed E-state index contributed by atoms with van der Waals surface area (Å²) in [7, 11) is 0. The maximum absolute atomic E-state index is 10.6. The molecule has 50 heavy (non-hydrogen) atoms. The first-order valence-electron chi connectivity index (χ1n) is 18.9. The Balaban J connectivity index is 0. The topological polar surface area (TPSA) is 181 Å². The van der Waals surface area contributed by atoms with Crippen molar-refractivity contribution in [1.82, 2.24) is 0 Å². The average molecular weight is 745 g/mol. The van der Waals surface area contributed by atoms with Gasteiger partial charge in [0.05, 0.1) is 36.2 Å². The molecule has 0 aromatic carbocycles. The number of carbonyl (C=O) groups excluding carboxylic acids is 3. The fourth-order valence-corrected chi connectivity index (χ4v) is 9.16. The normalized spacial score (nSPS) is 31.4. The molecule has 11 heteroatoms. The maximum Gasteiger partial charge on any atom is 3.00 e. The standard InChI is InChI=1S/3C13H24O3.Al.ClH/c3*1-8(2)11-5-4-9(3)6-10(11)7-12(14)13(15)16;;/h3*8-12,14H,4-7H2,1-3H3,(H,15,16);;1H/q;;;+3;/p-3. The smallest absolute Gasteiger partial charge is 0.547 e. The van der Waals surface area contributed by atoms with E-state index in [1.54, 1.807) is 0 Å². The third-order valence-corrected chi connectivity index (χ3v) is 11.9. The summed E-state index contributed by atoms with van der Waals surface area (Å²) in [6.45, 7) is 19.7. The molecule has 9 nitrogen and oxygen atoms in total. The molecule has 3 N–H and O–H groups in total. The summed E-state index contributed by atoms with van der Waals surface area (Å²) in [6, 6.07) is 0. The molecule has 3 saturated carbocycles. The molecule has 3 aliphatic carbocycles. The van der Waals surface area contributed by atoms with Crippen LogP contribution < -0.4 is 15.3 Å². The zero-order chi connectivity index (χ0) is 36.9. The van der Waals surface area contributed by atoms with E-state index in [9.17, 15) is 45.0 Å². The van der Waals surface area contributed by atoms with E-state index >= 15 is 0 Å². The Bertz CT molecular complexity index is 845. The van der Waals surface area contributed by atoms with E-state index in [1.807, 2.05) is 0 Å². The van der Waals surface area contributed by atoms with Crippen molar-refractivity contribution in [3.05, 3.63) is 0 Å². The van der Waals surface area contributed by atoms with Gasteiger partial charge in [-0.3, -0.25) is 0 Å². The van der Waals surface area contributed by atoms with Crippen LogP contribution in [0.25, 0.3) is 0 Å². The van der Waals surface area contributed by atoms with Gasteiger partial charge in [0.15, 0.2) is 0 Å². The number of aliphatic hydroxyl groups is 3. The van der Waals surface area contributed by atoms with Crippen molar-refractivity contribution in [1.29, 1.82) is 0 Å². The number of aliphatic carboxylic acids is 3. The Kier molecular flexibility index (Phi) is 25.8. The summed E-state index contributed by atoms with van der Waals surface area (Å²) in [5, 5.41) is 59.9. The molecule has 0 aliphatic heterocycles. The van der Waals surface area contributed by atoms with Gasteiger partial charge < -0.3 is 45.0 Å². The molecule has 0 radical (unpaired) electrons. The molecule has 3 aliphatic rings. The van der Waals surface area contributed by atoms with Crippen molar-refractivity contribution in [3.63, 3.8) is 0 Å². The minimum Gasteiger partial charge on any atom is -0.547 e. The van der Waals surface area contributed by atoms with Gasteiger partial charge in [-0.2, -0.15) is 0 Å². The van der Waals surface area contributed by atoms with Crippen LogP contribution in [0.1, 0.15) is 139 Å². The molecule has 3 rings (SSSR count). The summed E-state index contributed by atoms with van der Waals surface area (Å²) in [4.78, 5) is 31.7. The molecule has 0 aromatic rings. The Morgan fingerprint density at radius 2 is 0.700 bits per heavy atom. The molecule has 12 atom stereocenters. The molecule has 12 unspecified atom stereocenters. The van der Waals surface area contributed by atoms with Gasteiger partial charge in [0.2, 0.25) is 0 Å². The van der Waals surface area contributed by atoms with Crippen LogP contribution >= 0.6 is 12.4 Å². The average Bonchev–Trinajstić information content (AvgIpc) is 2.97. The van der Waals surface area contributed by atoms with E-state index in [2.05, 4.69) is 62.3 Å². The van der Waals surface area contributed by atoms with Crippen molar-refractivity contribution in [2.24, 2.45) is 71.0 Å². The van der Waals surface area contributed by atoms with Crippen LogP contribution in [0.15, 0.2) is 0 Å². The molecular weight excluding hydrogens is 675 g/mol. The van der Waals surface area contributed by atoms with Crippen molar-refractivity contribution >= 4 is 47.7 Å². The van der Waals surface area contributed by atoms with E-state index in [-0.39, 0.29) is 29.8 Å².